The molecule has 1 aliphatic carbocycles. The average Bonchev–Trinajstić information content (AvgIpc) is 2.90. The molecule has 0 bridgehead atoms. The third kappa shape index (κ3) is 6.44. The number of hydrogen-bond acceptors (Lipinski definition) is 6. The quantitative estimate of drug-likeness (QED) is 0.309. The van der Waals surface area contributed by atoms with Crippen LogP contribution in [0.5, 0.6) is 0 Å². The number of benzene rings is 2. The van der Waals surface area contributed by atoms with Gasteiger partial charge in [-0.25, -0.2) is 0 Å². The molecule has 1 atom stereocenters. The van der Waals surface area contributed by atoms with Gasteiger partial charge in [0.05, 0.1) is 11.4 Å². The predicted octanol–water partition coefficient (Wildman–Crippen LogP) is 6.22. The number of nitrogens with zero attached hydrogens (tertiary/aromatic N) is 3. The largest absolute Gasteiger partial charge is 0.387 e. The maximum Gasteiger partial charge on any atom is 0.0884 e. The first-order valence-electron chi connectivity index (χ1n) is 14.4. The zero-order valence-corrected chi connectivity index (χ0v) is 24.3. The van der Waals surface area contributed by atoms with E-state index in [0.717, 1.165) is 79.4 Å². The summed E-state index contributed by atoms with van der Waals surface area (Å²) in [5.41, 5.74) is 9.00. The molecule has 1 unspecified atom stereocenters. The lowest BCUT2D eigenvalue weighted by Crippen LogP contribution is -2.52. The van der Waals surface area contributed by atoms with Gasteiger partial charge in [0.25, 0.3) is 0 Å². The van der Waals surface area contributed by atoms with Crippen LogP contribution in [0.2, 0.25) is 5.02 Å². The molecule has 6 nitrogen and oxygen atoms in total. The highest BCUT2D eigenvalue weighted by Crippen LogP contribution is 2.35. The molecule has 2 aliphatic heterocycles. The van der Waals surface area contributed by atoms with E-state index >= 15 is 0 Å². The van der Waals surface area contributed by atoms with Crippen molar-refractivity contribution >= 4 is 35.4 Å². The van der Waals surface area contributed by atoms with Crippen LogP contribution in [0.15, 0.2) is 64.9 Å². The van der Waals surface area contributed by atoms with Crippen molar-refractivity contribution in [3.05, 3.63) is 76.1 Å². The number of rotatable bonds is 10. The van der Waals surface area contributed by atoms with Gasteiger partial charge in [-0.2, -0.15) is 0 Å². The minimum atomic E-state index is 0.342. The van der Waals surface area contributed by atoms with E-state index in [1.807, 2.05) is 12.1 Å². The summed E-state index contributed by atoms with van der Waals surface area (Å²) in [6, 6.07) is 13.5. The third-order valence-corrected chi connectivity index (χ3v) is 8.89. The fraction of sp³-hybridized carbons (Fsp3) is 0.469. The Kier molecular flexibility index (Phi) is 8.83. The van der Waals surface area contributed by atoms with Crippen LogP contribution in [-0.4, -0.2) is 63.5 Å². The Morgan fingerprint density at radius 1 is 1.13 bits per heavy atom. The first-order chi connectivity index (χ1) is 18.9. The van der Waals surface area contributed by atoms with E-state index < -0.39 is 0 Å². The molecule has 2 fully saturated rings. The summed E-state index contributed by atoms with van der Waals surface area (Å²) in [4.78, 5) is 9.59. The fourth-order valence-corrected chi connectivity index (χ4v) is 6.16. The van der Waals surface area contributed by atoms with Crippen molar-refractivity contribution in [3.63, 3.8) is 0 Å². The SMILES string of the molecule is C=Nc1c(C)cc(N2CCN(C3CCC3)CC2)cc1NCC1=C(NCC(C)c2cccc(Cl)c2)CCNC1=C. The molecule has 3 aliphatic rings. The molecule has 7 heteroatoms. The van der Waals surface area contributed by atoms with Gasteiger partial charge in [0.2, 0.25) is 0 Å². The zero-order valence-electron chi connectivity index (χ0n) is 23.5. The fourth-order valence-electron chi connectivity index (χ4n) is 5.96. The molecule has 39 heavy (non-hydrogen) atoms. The van der Waals surface area contributed by atoms with E-state index in [4.69, 9.17) is 11.6 Å². The van der Waals surface area contributed by atoms with Crippen molar-refractivity contribution in [1.29, 1.82) is 0 Å². The van der Waals surface area contributed by atoms with Crippen LogP contribution in [0.4, 0.5) is 17.1 Å². The van der Waals surface area contributed by atoms with Gasteiger partial charge in [0, 0.05) is 86.0 Å². The Hall–Kier alpha value is -2.96. The molecule has 1 saturated carbocycles. The van der Waals surface area contributed by atoms with Crippen molar-refractivity contribution in [2.24, 2.45) is 4.99 Å². The van der Waals surface area contributed by atoms with Crippen LogP contribution >= 0.6 is 11.6 Å². The van der Waals surface area contributed by atoms with Crippen LogP contribution < -0.4 is 20.9 Å². The smallest absolute Gasteiger partial charge is 0.0884 e. The molecule has 0 amide bonds. The average molecular weight is 547 g/mol. The Labute approximate surface area is 239 Å². The van der Waals surface area contributed by atoms with E-state index in [9.17, 15) is 0 Å². The van der Waals surface area contributed by atoms with Gasteiger partial charge < -0.3 is 20.9 Å². The number of piperazine rings is 1. The standard InChI is InChI=1S/C32H43ClN6/c1-22-17-28(39-15-13-38(14-16-39)27-9-6-10-27)19-31(32(22)34-4)37-21-29-24(3)35-12-11-30(29)36-20-23(2)25-7-5-8-26(33)18-25/h5,7-8,17-19,23,27,35-37H,3-4,6,9-16,20-21H2,1-2H3. The summed E-state index contributed by atoms with van der Waals surface area (Å²) in [5.74, 6) is 0.342. The number of halogens is 1. The Morgan fingerprint density at radius 2 is 1.92 bits per heavy atom. The summed E-state index contributed by atoms with van der Waals surface area (Å²) >= 11 is 6.23. The topological polar surface area (TPSA) is 54.9 Å². The van der Waals surface area contributed by atoms with Crippen LogP contribution in [0.1, 0.15) is 49.7 Å². The van der Waals surface area contributed by atoms with Crippen LogP contribution in [-0.2, 0) is 0 Å². The van der Waals surface area contributed by atoms with E-state index in [1.54, 1.807) is 0 Å². The van der Waals surface area contributed by atoms with Crippen molar-refractivity contribution in [3.8, 4) is 0 Å². The molecule has 2 aromatic carbocycles. The highest BCUT2D eigenvalue weighted by Gasteiger charge is 2.28. The lowest BCUT2D eigenvalue weighted by molar-refractivity contribution is 0.120. The molecule has 1 saturated heterocycles. The number of aliphatic imine (C=N–C) groups is 1. The molecular formula is C32H43ClN6. The van der Waals surface area contributed by atoms with Gasteiger partial charge in [-0.1, -0.05) is 43.7 Å². The molecule has 208 valence electrons. The van der Waals surface area contributed by atoms with Crippen LogP contribution in [0, 0.1) is 6.92 Å². The normalized spacial score (nSPS) is 19.4. The molecule has 0 spiro atoms. The zero-order chi connectivity index (χ0) is 27.4. The van der Waals surface area contributed by atoms with Gasteiger partial charge in [0.1, 0.15) is 0 Å². The maximum absolute atomic E-state index is 6.23. The van der Waals surface area contributed by atoms with E-state index in [2.05, 4.69) is 82.2 Å². The second-order valence-corrected chi connectivity index (χ2v) is 11.7. The summed E-state index contributed by atoms with van der Waals surface area (Å²) < 4.78 is 0. The third-order valence-electron chi connectivity index (χ3n) is 8.65. The van der Waals surface area contributed by atoms with Gasteiger partial charge in [0.15, 0.2) is 0 Å². The van der Waals surface area contributed by atoms with Crippen molar-refractivity contribution in [2.45, 2.75) is 51.5 Å². The summed E-state index contributed by atoms with van der Waals surface area (Å²) in [7, 11) is 0. The van der Waals surface area contributed by atoms with Crippen LogP contribution in [0.25, 0.3) is 0 Å². The minimum Gasteiger partial charge on any atom is -0.387 e. The summed E-state index contributed by atoms with van der Waals surface area (Å²) in [5, 5.41) is 11.7. The highest BCUT2D eigenvalue weighted by atomic mass is 35.5. The van der Waals surface area contributed by atoms with Gasteiger partial charge in [-0.3, -0.25) is 9.89 Å². The van der Waals surface area contributed by atoms with Gasteiger partial charge in [-0.05, 0) is 67.8 Å². The number of hydrogen-bond donors (Lipinski definition) is 3. The minimum absolute atomic E-state index is 0.342. The highest BCUT2D eigenvalue weighted by molar-refractivity contribution is 6.30. The molecule has 2 aromatic rings. The number of nitrogens with one attached hydrogen (secondary N) is 3. The van der Waals surface area contributed by atoms with Crippen molar-refractivity contribution in [1.82, 2.24) is 15.5 Å². The first kappa shape index (κ1) is 27.6. The molecular weight excluding hydrogens is 504 g/mol. The molecule has 0 aromatic heterocycles. The van der Waals surface area contributed by atoms with Crippen molar-refractivity contribution < 1.29 is 0 Å². The molecule has 5 rings (SSSR count). The molecule has 2 heterocycles. The van der Waals surface area contributed by atoms with Gasteiger partial charge >= 0.3 is 0 Å². The Morgan fingerprint density at radius 3 is 2.62 bits per heavy atom. The predicted molar refractivity (Wildman–Crippen MR) is 167 cm³/mol. The Balaban J connectivity index is 1.28. The van der Waals surface area contributed by atoms with Crippen molar-refractivity contribution in [2.75, 3.05) is 56.0 Å². The van der Waals surface area contributed by atoms with E-state index in [0.29, 0.717) is 12.5 Å². The van der Waals surface area contributed by atoms with E-state index in [-0.39, 0.29) is 0 Å². The summed E-state index contributed by atoms with van der Waals surface area (Å²) in [6.45, 7) is 19.4. The summed E-state index contributed by atoms with van der Waals surface area (Å²) in [6.07, 6.45) is 5.08. The lowest BCUT2D eigenvalue weighted by Gasteiger charge is -2.43. The van der Waals surface area contributed by atoms with E-state index in [1.165, 1.54) is 41.8 Å². The maximum atomic E-state index is 6.23. The van der Waals surface area contributed by atoms with Crippen LogP contribution in [0.3, 0.4) is 0 Å². The monoisotopic (exact) mass is 546 g/mol. The second-order valence-electron chi connectivity index (χ2n) is 11.2. The second kappa shape index (κ2) is 12.5. The first-order valence-corrected chi connectivity index (χ1v) is 14.8. The number of anilines is 2. The Bertz CT molecular complexity index is 1230. The molecule has 0 radical (unpaired) electrons. The molecule has 3 N–H and O–H groups in total. The van der Waals surface area contributed by atoms with Gasteiger partial charge in [-0.15, -0.1) is 0 Å². The lowest BCUT2D eigenvalue weighted by atomic mass is 9.91. The number of aryl methyl sites for hydroxylation is 1.